The number of aliphatic carboxylic acids is 2. The number of hydrogen-bond donors (Lipinski definition) is 5. The van der Waals surface area contributed by atoms with Crippen LogP contribution in [0, 0.1) is 11.8 Å². The minimum absolute atomic E-state index is 0.0530. The molecule has 0 aliphatic heterocycles. The highest BCUT2D eigenvalue weighted by Crippen LogP contribution is 2.56. The van der Waals surface area contributed by atoms with Crippen LogP contribution in [0.3, 0.4) is 0 Å². The van der Waals surface area contributed by atoms with Crippen LogP contribution in [0.4, 0.5) is 11.4 Å². The predicted octanol–water partition coefficient (Wildman–Crippen LogP) is 6.83. The number of rotatable bonds is 10. The summed E-state index contributed by atoms with van der Waals surface area (Å²) in [6, 6.07) is 1.86. The zero-order chi connectivity index (χ0) is 39.9. The fraction of sp³-hybridized carbons (Fsp3) is 0.419. The summed E-state index contributed by atoms with van der Waals surface area (Å²) < 4.78 is 17.9. The van der Waals surface area contributed by atoms with Gasteiger partial charge in [0.15, 0.2) is 5.75 Å². The molecule has 0 spiro atoms. The Morgan fingerprint density at radius 1 is 0.679 bits per heavy atom. The minimum atomic E-state index is -1.00. The number of allylic oxidation sites excluding steroid dienone is 1. The van der Waals surface area contributed by atoms with Gasteiger partial charge in [-0.25, -0.2) is 0 Å². The van der Waals surface area contributed by atoms with Crippen LogP contribution in [0.2, 0.25) is 0 Å². The number of hydrogen-bond acceptors (Lipinski definition) is 11. The van der Waals surface area contributed by atoms with E-state index in [9.17, 15) is 34.5 Å². The summed E-state index contributed by atoms with van der Waals surface area (Å²) in [5.41, 5.74) is 0.468. The summed E-state index contributed by atoms with van der Waals surface area (Å²) in [6.07, 6.45) is 6.69. The molecule has 0 bridgehead atoms. The van der Waals surface area contributed by atoms with E-state index in [4.69, 9.17) is 14.2 Å². The summed E-state index contributed by atoms with van der Waals surface area (Å²) in [5, 5.41) is 41.3. The van der Waals surface area contributed by atoms with Crippen LogP contribution < -0.4 is 35.7 Å². The van der Waals surface area contributed by atoms with E-state index in [1.165, 1.54) is 34.3 Å². The Balaban J connectivity index is 1.63. The zero-order valence-electron chi connectivity index (χ0n) is 31.9. The van der Waals surface area contributed by atoms with Crippen molar-refractivity contribution in [1.29, 1.82) is 0 Å². The van der Waals surface area contributed by atoms with Crippen LogP contribution in [0.5, 0.6) is 23.0 Å². The number of ether oxygens (including phenoxy) is 3. The fourth-order valence-electron chi connectivity index (χ4n) is 10.1. The molecule has 0 heterocycles. The van der Waals surface area contributed by atoms with Crippen LogP contribution in [-0.4, -0.2) is 66.5 Å². The van der Waals surface area contributed by atoms with Gasteiger partial charge in [-0.15, -0.1) is 0 Å². The van der Waals surface area contributed by atoms with Gasteiger partial charge >= 0.3 is 11.9 Å². The van der Waals surface area contributed by atoms with Crippen LogP contribution in [-0.2, 0) is 14.4 Å². The number of carboxylic acid groups (broad SMARTS) is 2. The Bertz CT molecular complexity index is 2650. The lowest BCUT2D eigenvalue weighted by Crippen LogP contribution is -2.38. The highest BCUT2D eigenvalue weighted by atomic mass is 16.5. The molecule has 5 atom stereocenters. The first-order valence-electron chi connectivity index (χ1n) is 19.1. The van der Waals surface area contributed by atoms with Crippen molar-refractivity contribution in [2.75, 3.05) is 32.0 Å². The van der Waals surface area contributed by atoms with Gasteiger partial charge in [-0.05, 0) is 44.9 Å². The van der Waals surface area contributed by atoms with Gasteiger partial charge in [0.25, 0.3) is 0 Å². The van der Waals surface area contributed by atoms with Crippen LogP contribution in [0.25, 0.3) is 49.2 Å². The molecule has 5 unspecified atom stereocenters. The molecule has 0 aromatic heterocycles. The molecule has 5 aromatic rings. The van der Waals surface area contributed by atoms with Gasteiger partial charge in [0.05, 0.1) is 61.2 Å². The van der Waals surface area contributed by atoms with E-state index >= 15 is 4.79 Å². The number of aromatic hydroxyl groups is 1. The summed E-state index contributed by atoms with van der Waals surface area (Å²) in [4.78, 5) is 68.8. The Kier molecular flexibility index (Phi) is 9.08. The normalized spacial score (nSPS) is 22.3. The van der Waals surface area contributed by atoms with Crippen molar-refractivity contribution in [2.45, 2.75) is 83.2 Å². The first-order valence-corrected chi connectivity index (χ1v) is 19.1. The standard InChI is InChI=1S/C43H44N2O11/c1-17-14-21-29-34-31(39(48)38(21)45-23-13-9-7-11-20(23)43(52)53)25(47)16-27(55-4)33(34)32-26(54-3)15-24(44-22-12-8-6-10-19(22)42(50)51)30-36(32)35(29)37(28(17)18(2)46)41(56-5)40(30)49/h14-16,19-20,22-23,28,44-45,47H,6-13H2,1-5H3,(H,50,51)(H,52,53). The van der Waals surface area contributed by atoms with E-state index in [-0.39, 0.29) is 50.8 Å². The van der Waals surface area contributed by atoms with Gasteiger partial charge in [0.2, 0.25) is 10.9 Å². The smallest absolute Gasteiger partial charge is 0.308 e. The lowest BCUT2D eigenvalue weighted by atomic mass is 9.80. The third-order valence-corrected chi connectivity index (χ3v) is 12.5. The maximum Gasteiger partial charge on any atom is 0.308 e. The molecule has 292 valence electrons. The molecular weight excluding hydrogens is 720 g/mol. The molecule has 5 N–H and O–H groups in total. The molecule has 2 fully saturated rings. The molecule has 3 aliphatic carbocycles. The number of carbonyl (C=O) groups is 3. The number of nitrogens with one attached hydrogen (secondary N) is 2. The number of benzene rings is 5. The van der Waals surface area contributed by atoms with E-state index in [0.29, 0.717) is 74.8 Å². The SMILES string of the molecule is COc1c2c3c4c(c(NC5CCCCC5C(=O)O)c(=O)c5c(O)cc(OC)c(c6c(OC)cc(NC7CCCCC7C(=O)O)c(c1=O)c63)c54)C=C(C)C2C(C)=O. The molecule has 3 aliphatic rings. The van der Waals surface area contributed by atoms with Crippen molar-refractivity contribution >= 4 is 78.3 Å². The fourth-order valence-corrected chi connectivity index (χ4v) is 10.1. The number of carboxylic acids is 2. The quantitative estimate of drug-likeness (QED) is 0.0734. The highest BCUT2D eigenvalue weighted by Gasteiger charge is 2.39. The third-order valence-electron chi connectivity index (χ3n) is 12.5. The number of fused-ring (bicyclic) bond motifs is 1. The Morgan fingerprint density at radius 3 is 1.79 bits per heavy atom. The van der Waals surface area contributed by atoms with Crippen LogP contribution in [0.1, 0.15) is 82.3 Å². The maximum absolute atomic E-state index is 15.1. The van der Waals surface area contributed by atoms with Gasteiger partial charge in [-0.1, -0.05) is 37.3 Å². The summed E-state index contributed by atoms with van der Waals surface area (Å²) >= 11 is 0. The van der Waals surface area contributed by atoms with Crippen molar-refractivity contribution in [1.82, 2.24) is 0 Å². The average Bonchev–Trinajstić information content (AvgIpc) is 3.30. The number of ketones is 1. The van der Waals surface area contributed by atoms with Gasteiger partial charge in [-0.3, -0.25) is 24.0 Å². The first kappa shape index (κ1) is 37.1. The zero-order valence-corrected chi connectivity index (χ0v) is 31.9. The van der Waals surface area contributed by atoms with Crippen LogP contribution in [0.15, 0.2) is 27.3 Å². The monoisotopic (exact) mass is 764 g/mol. The molecule has 13 heteroatoms. The summed E-state index contributed by atoms with van der Waals surface area (Å²) in [5.74, 6) is -4.70. The Hall–Kier alpha value is -5.85. The molecule has 0 saturated heterocycles. The number of phenolic OH excluding ortho intramolecular Hbond substituents is 1. The average molecular weight is 765 g/mol. The second-order valence-electron chi connectivity index (χ2n) is 15.5. The molecule has 8 rings (SSSR count). The van der Waals surface area contributed by atoms with Crippen LogP contribution >= 0.6 is 0 Å². The first-order chi connectivity index (χ1) is 26.8. The summed E-state index contributed by atoms with van der Waals surface area (Å²) in [6.45, 7) is 3.17. The van der Waals surface area contributed by atoms with Gasteiger partial charge < -0.3 is 40.2 Å². The van der Waals surface area contributed by atoms with Crippen molar-refractivity contribution in [3.8, 4) is 23.0 Å². The second kappa shape index (κ2) is 13.7. The van der Waals surface area contributed by atoms with Crippen molar-refractivity contribution in [2.24, 2.45) is 11.8 Å². The topological polar surface area (TPSA) is 198 Å². The number of carbonyl (C=O) groups excluding carboxylic acids is 1. The highest BCUT2D eigenvalue weighted by molar-refractivity contribution is 6.40. The van der Waals surface area contributed by atoms with Crippen molar-refractivity contribution in [3.63, 3.8) is 0 Å². The molecule has 56 heavy (non-hydrogen) atoms. The van der Waals surface area contributed by atoms with Crippen molar-refractivity contribution in [3.05, 3.63) is 49.3 Å². The number of phenols is 1. The third kappa shape index (κ3) is 5.30. The molecule has 2 saturated carbocycles. The number of methoxy groups -OCH3 is 3. The Morgan fingerprint density at radius 2 is 1.23 bits per heavy atom. The molecule has 0 amide bonds. The molecule has 5 aromatic carbocycles. The minimum Gasteiger partial charge on any atom is -0.507 e. The van der Waals surface area contributed by atoms with E-state index in [2.05, 4.69) is 10.6 Å². The van der Waals surface area contributed by atoms with Gasteiger partial charge in [-0.2, -0.15) is 0 Å². The molecular formula is C43H44N2O11. The molecule has 0 radical (unpaired) electrons. The van der Waals surface area contributed by atoms with Crippen molar-refractivity contribution < 1.29 is 43.9 Å². The number of Topliss-reactive ketones (excluding diaryl/α,β-unsaturated/α-hetero) is 1. The predicted molar refractivity (Wildman–Crippen MR) is 214 cm³/mol. The lowest BCUT2D eigenvalue weighted by molar-refractivity contribution is -0.144. The molecule has 13 nitrogen and oxygen atoms in total. The maximum atomic E-state index is 15.1. The summed E-state index contributed by atoms with van der Waals surface area (Å²) in [7, 11) is 4.25. The van der Waals surface area contributed by atoms with E-state index in [1.807, 2.05) is 0 Å². The second-order valence-corrected chi connectivity index (χ2v) is 15.5. The van der Waals surface area contributed by atoms with Gasteiger partial charge in [0.1, 0.15) is 23.0 Å². The van der Waals surface area contributed by atoms with E-state index in [1.54, 1.807) is 19.1 Å². The van der Waals surface area contributed by atoms with E-state index < -0.39 is 52.6 Å². The largest absolute Gasteiger partial charge is 0.507 e. The number of anilines is 2. The van der Waals surface area contributed by atoms with Gasteiger partial charge in [0, 0.05) is 62.3 Å². The Labute approximate surface area is 320 Å². The van der Waals surface area contributed by atoms with E-state index in [0.717, 1.165) is 25.7 Å². The lowest BCUT2D eigenvalue weighted by Gasteiger charge is -2.32.